The number of β-amino-alcohol motifs (C(OH)–C–C–N with tert-alkyl or cyclic N) is 1. The van der Waals surface area contributed by atoms with Gasteiger partial charge in [0.1, 0.15) is 0 Å². The Kier molecular flexibility index (Phi) is 2.65. The average molecular weight is 255 g/mol. The molecule has 0 aromatic carbocycles. The summed E-state index contributed by atoms with van der Waals surface area (Å²) in [6, 6.07) is -0.0596. The summed E-state index contributed by atoms with van der Waals surface area (Å²) in [4.78, 5) is 12.7. The summed E-state index contributed by atoms with van der Waals surface area (Å²) in [7, 11) is 1.86. The average Bonchev–Trinajstić information content (AvgIpc) is 2.10. The molecule has 1 heterocycles. The highest BCUT2D eigenvalue weighted by Crippen LogP contribution is 2.18. The highest BCUT2D eigenvalue weighted by atomic mass is 127. The molecule has 4 heteroatoms. The zero-order valence-electron chi connectivity index (χ0n) is 5.75. The molecule has 0 bridgehead atoms. The van der Waals surface area contributed by atoms with Crippen molar-refractivity contribution in [2.45, 2.75) is 18.6 Å². The second-order valence-corrected chi connectivity index (χ2v) is 3.71. The van der Waals surface area contributed by atoms with Crippen LogP contribution in [-0.2, 0) is 4.79 Å². The molecule has 1 N–H and O–H groups in total. The second-order valence-electron chi connectivity index (χ2n) is 2.65. The molecular weight excluding hydrogens is 245 g/mol. The lowest BCUT2D eigenvalue weighted by atomic mass is 10.2. The van der Waals surface area contributed by atoms with Gasteiger partial charge >= 0.3 is 0 Å². The number of rotatable bonds is 1. The van der Waals surface area contributed by atoms with Crippen molar-refractivity contribution < 1.29 is 9.90 Å². The van der Waals surface area contributed by atoms with Crippen LogP contribution in [0.25, 0.3) is 0 Å². The molecule has 0 radical (unpaired) electrons. The van der Waals surface area contributed by atoms with Crippen LogP contribution in [-0.4, -0.2) is 39.5 Å². The Morgan fingerprint density at radius 3 is 2.60 bits per heavy atom. The molecule has 1 rings (SSSR count). The molecule has 3 nitrogen and oxygen atoms in total. The smallest absolute Gasteiger partial charge is 0.209 e. The molecule has 0 unspecified atom stereocenters. The molecule has 0 amide bonds. The minimum absolute atomic E-state index is 0.0596. The van der Waals surface area contributed by atoms with E-state index in [2.05, 4.69) is 0 Å². The highest BCUT2D eigenvalue weighted by molar-refractivity contribution is 14.1. The van der Waals surface area contributed by atoms with Gasteiger partial charge in [0.25, 0.3) is 0 Å². The van der Waals surface area contributed by atoms with Crippen molar-refractivity contribution in [2.75, 3.05) is 13.6 Å². The van der Waals surface area contributed by atoms with Crippen molar-refractivity contribution in [2.24, 2.45) is 0 Å². The van der Waals surface area contributed by atoms with Crippen LogP contribution in [0.3, 0.4) is 0 Å². The number of likely N-dealkylation sites (tertiary alicyclic amines) is 1. The topological polar surface area (TPSA) is 40.5 Å². The van der Waals surface area contributed by atoms with Gasteiger partial charge in [0.05, 0.1) is 12.1 Å². The van der Waals surface area contributed by atoms with Gasteiger partial charge in [0.2, 0.25) is 3.79 Å². The number of hydrogen-bond acceptors (Lipinski definition) is 3. The molecule has 0 saturated carbocycles. The first-order valence-corrected chi connectivity index (χ1v) is 4.27. The predicted octanol–water partition coefficient (Wildman–Crippen LogP) is 0.0130. The van der Waals surface area contributed by atoms with Crippen molar-refractivity contribution in [1.29, 1.82) is 0 Å². The summed E-state index contributed by atoms with van der Waals surface area (Å²) in [5.74, 6) is 0. The molecule has 2 atom stereocenters. The lowest BCUT2D eigenvalue weighted by Gasteiger charge is -2.13. The van der Waals surface area contributed by atoms with Crippen LogP contribution < -0.4 is 0 Å². The standard InChI is InChI=1S/C6H10INO2/c1-8-3-4(9)2-5(8)6(7)10/h4-5,9H,2-3H2,1H3/t4-,5+/m1/s1. The molecule has 1 aliphatic rings. The van der Waals surface area contributed by atoms with Gasteiger partial charge < -0.3 is 5.11 Å². The summed E-state index contributed by atoms with van der Waals surface area (Å²) in [6.07, 6.45) is 0.284. The van der Waals surface area contributed by atoms with E-state index in [0.717, 1.165) is 0 Å². The van der Waals surface area contributed by atoms with E-state index in [9.17, 15) is 4.79 Å². The Hall–Kier alpha value is 0.320. The van der Waals surface area contributed by atoms with Crippen LogP contribution in [0.5, 0.6) is 0 Å². The van der Waals surface area contributed by atoms with Crippen LogP contribution in [0.2, 0.25) is 0 Å². The summed E-state index contributed by atoms with van der Waals surface area (Å²) in [5, 5.41) is 9.12. The van der Waals surface area contributed by atoms with E-state index in [0.29, 0.717) is 13.0 Å². The minimum Gasteiger partial charge on any atom is -0.392 e. The van der Waals surface area contributed by atoms with E-state index >= 15 is 0 Å². The van der Waals surface area contributed by atoms with Crippen molar-refractivity contribution in [3.8, 4) is 0 Å². The normalized spacial score (nSPS) is 34.7. The van der Waals surface area contributed by atoms with E-state index in [-0.39, 0.29) is 15.9 Å². The maximum absolute atomic E-state index is 10.8. The Labute approximate surface area is 73.5 Å². The first kappa shape index (κ1) is 8.42. The molecule has 1 aliphatic heterocycles. The molecule has 0 aliphatic carbocycles. The number of hydrogen-bond donors (Lipinski definition) is 1. The maximum atomic E-state index is 10.8. The number of likely N-dealkylation sites (N-methyl/N-ethyl adjacent to an activating group) is 1. The number of aliphatic hydroxyl groups is 1. The van der Waals surface area contributed by atoms with Gasteiger partial charge in [0, 0.05) is 29.1 Å². The minimum atomic E-state index is -0.311. The number of aliphatic hydroxyl groups excluding tert-OH is 1. The van der Waals surface area contributed by atoms with Crippen molar-refractivity contribution >= 4 is 26.4 Å². The van der Waals surface area contributed by atoms with Gasteiger partial charge in [-0.1, -0.05) is 0 Å². The van der Waals surface area contributed by atoms with Crippen LogP contribution in [0, 0.1) is 0 Å². The number of halogens is 1. The fraction of sp³-hybridized carbons (Fsp3) is 0.833. The summed E-state index contributed by atoms with van der Waals surface area (Å²) in [6.45, 7) is 0.624. The van der Waals surface area contributed by atoms with Gasteiger partial charge in [-0.05, 0) is 13.5 Å². The molecule has 0 aromatic rings. The van der Waals surface area contributed by atoms with Crippen LogP contribution >= 0.6 is 22.6 Å². The fourth-order valence-electron chi connectivity index (χ4n) is 1.24. The first-order chi connectivity index (χ1) is 4.61. The molecule has 0 spiro atoms. The van der Waals surface area contributed by atoms with Crippen LogP contribution in [0.1, 0.15) is 6.42 Å². The molecule has 10 heavy (non-hydrogen) atoms. The van der Waals surface area contributed by atoms with E-state index < -0.39 is 0 Å². The number of carbonyl (C=O) groups is 1. The van der Waals surface area contributed by atoms with Crippen molar-refractivity contribution in [3.05, 3.63) is 0 Å². The Balaban J connectivity index is 2.54. The molecule has 1 fully saturated rings. The summed E-state index contributed by atoms with van der Waals surface area (Å²) in [5.41, 5.74) is 0. The third-order valence-corrected chi connectivity index (χ3v) is 2.51. The Morgan fingerprint density at radius 2 is 2.40 bits per heavy atom. The van der Waals surface area contributed by atoms with E-state index in [4.69, 9.17) is 5.11 Å². The maximum Gasteiger partial charge on any atom is 0.209 e. The third kappa shape index (κ3) is 1.67. The van der Waals surface area contributed by atoms with Crippen LogP contribution in [0.4, 0.5) is 0 Å². The molecule has 1 saturated heterocycles. The predicted molar refractivity (Wildman–Crippen MR) is 46.1 cm³/mol. The number of carbonyl (C=O) groups excluding carboxylic acids is 1. The zero-order valence-corrected chi connectivity index (χ0v) is 7.91. The van der Waals surface area contributed by atoms with E-state index in [1.165, 1.54) is 0 Å². The third-order valence-electron chi connectivity index (χ3n) is 1.79. The van der Waals surface area contributed by atoms with Gasteiger partial charge in [-0.3, -0.25) is 9.69 Å². The van der Waals surface area contributed by atoms with Gasteiger partial charge in [-0.2, -0.15) is 0 Å². The number of nitrogens with zero attached hydrogens (tertiary/aromatic N) is 1. The van der Waals surface area contributed by atoms with Gasteiger partial charge in [-0.15, -0.1) is 0 Å². The fourth-order valence-corrected chi connectivity index (χ4v) is 1.97. The SMILES string of the molecule is CN1C[C@H](O)C[C@H]1C(=O)I. The monoisotopic (exact) mass is 255 g/mol. The van der Waals surface area contributed by atoms with Gasteiger partial charge in [0.15, 0.2) is 0 Å². The lowest BCUT2D eigenvalue weighted by Crippen LogP contribution is -2.29. The second kappa shape index (κ2) is 3.15. The summed E-state index contributed by atoms with van der Waals surface area (Å²) >= 11 is 1.78. The lowest BCUT2D eigenvalue weighted by molar-refractivity contribution is -0.112. The molecule has 0 aromatic heterocycles. The summed E-state index contributed by atoms with van der Waals surface area (Å²) < 4.78 is 0.122. The first-order valence-electron chi connectivity index (χ1n) is 3.19. The van der Waals surface area contributed by atoms with Crippen molar-refractivity contribution in [3.63, 3.8) is 0 Å². The Morgan fingerprint density at radius 1 is 1.80 bits per heavy atom. The van der Waals surface area contributed by atoms with Gasteiger partial charge in [-0.25, -0.2) is 0 Å². The molecular formula is C6H10INO2. The van der Waals surface area contributed by atoms with E-state index in [1.807, 2.05) is 11.9 Å². The van der Waals surface area contributed by atoms with Crippen molar-refractivity contribution in [1.82, 2.24) is 4.90 Å². The quantitative estimate of drug-likeness (QED) is 0.530. The van der Waals surface area contributed by atoms with E-state index in [1.54, 1.807) is 22.6 Å². The Bertz CT molecular complexity index is 151. The van der Waals surface area contributed by atoms with Crippen LogP contribution in [0.15, 0.2) is 0 Å². The highest BCUT2D eigenvalue weighted by Gasteiger charge is 2.31. The largest absolute Gasteiger partial charge is 0.392 e. The molecule has 58 valence electrons. The zero-order chi connectivity index (χ0) is 7.72.